The number of aromatic nitrogens is 1. The van der Waals surface area contributed by atoms with E-state index in [9.17, 15) is 0 Å². The summed E-state index contributed by atoms with van der Waals surface area (Å²) in [6, 6.07) is 82.8. The second kappa shape index (κ2) is 14.3. The molecule has 0 bridgehead atoms. The van der Waals surface area contributed by atoms with Crippen molar-refractivity contribution in [2.45, 2.75) is 0 Å². The van der Waals surface area contributed by atoms with Gasteiger partial charge in [0.25, 0.3) is 0 Å². The molecular weight excluding hydrogens is 741 g/mol. The molecule has 3 heteroatoms. The van der Waals surface area contributed by atoms with E-state index < -0.39 is 0 Å². The highest BCUT2D eigenvalue weighted by atomic mass is 16.3. The zero-order valence-corrected chi connectivity index (χ0v) is 33.2. The van der Waals surface area contributed by atoms with Crippen LogP contribution in [0.1, 0.15) is 0 Å². The summed E-state index contributed by atoms with van der Waals surface area (Å²) in [7, 11) is 0. The third-order valence-electron chi connectivity index (χ3n) is 12.2. The molecule has 0 saturated carbocycles. The standard InChI is InChI=1S/C58H38N2O/c1-4-12-39(13-5-1)41-20-27-47(28-21-41)59(49-31-35-53-52-33-26-45(40-14-6-2-7-15-40)37-56(52)61-57(53)38-49)48-29-22-42(23-30-48)44-25-32-51-54-34-24-43-16-10-11-19-50(43)58(54)60(55(51)36-44)46-17-8-3-9-18-46/h1-38H. The molecule has 0 aliphatic carbocycles. The molecule has 2 aromatic heterocycles. The van der Waals surface area contributed by atoms with Gasteiger partial charge in [-0.15, -0.1) is 0 Å². The number of fused-ring (bicyclic) bond motifs is 8. The Labute approximate surface area is 353 Å². The maximum absolute atomic E-state index is 6.62. The maximum Gasteiger partial charge on any atom is 0.137 e. The average Bonchev–Trinajstić information content (AvgIpc) is 3.88. The van der Waals surface area contributed by atoms with Crippen molar-refractivity contribution in [1.82, 2.24) is 4.57 Å². The minimum Gasteiger partial charge on any atom is -0.456 e. The molecule has 3 nitrogen and oxygen atoms in total. The normalized spacial score (nSPS) is 11.6. The van der Waals surface area contributed by atoms with Gasteiger partial charge in [-0.2, -0.15) is 0 Å². The molecule has 2 heterocycles. The zero-order valence-electron chi connectivity index (χ0n) is 33.2. The Morgan fingerprint density at radius 2 is 0.787 bits per heavy atom. The van der Waals surface area contributed by atoms with E-state index in [0.717, 1.165) is 55.8 Å². The summed E-state index contributed by atoms with van der Waals surface area (Å²) in [5.74, 6) is 0. The number of furan rings is 1. The summed E-state index contributed by atoms with van der Waals surface area (Å²) in [5.41, 5.74) is 15.5. The monoisotopic (exact) mass is 778 g/mol. The SMILES string of the molecule is c1ccc(-c2ccc(N(c3ccc(-c4ccc5c6ccc7ccccc7c6n(-c6ccccc6)c5c4)cc3)c3ccc4c(c3)oc3cc(-c5ccccc5)ccc34)cc2)cc1. The summed E-state index contributed by atoms with van der Waals surface area (Å²) < 4.78 is 9.06. The van der Waals surface area contributed by atoms with Crippen LogP contribution in [0.4, 0.5) is 17.1 Å². The molecule has 0 atom stereocenters. The summed E-state index contributed by atoms with van der Waals surface area (Å²) in [4.78, 5) is 2.32. The number of para-hydroxylation sites is 1. The van der Waals surface area contributed by atoms with Crippen LogP contribution in [0.15, 0.2) is 235 Å². The van der Waals surface area contributed by atoms with Crippen LogP contribution in [0.2, 0.25) is 0 Å². The van der Waals surface area contributed by atoms with Crippen molar-refractivity contribution in [3.63, 3.8) is 0 Å². The summed E-state index contributed by atoms with van der Waals surface area (Å²) in [6.45, 7) is 0. The first kappa shape index (κ1) is 34.9. The molecule has 10 aromatic carbocycles. The Morgan fingerprint density at radius 1 is 0.311 bits per heavy atom. The molecule has 0 radical (unpaired) electrons. The van der Waals surface area contributed by atoms with E-state index in [0.29, 0.717) is 0 Å². The Balaban J connectivity index is 0.969. The molecule has 12 rings (SSSR count). The van der Waals surface area contributed by atoms with Crippen molar-refractivity contribution in [3.05, 3.63) is 231 Å². The van der Waals surface area contributed by atoms with Crippen LogP contribution < -0.4 is 4.90 Å². The Hall–Kier alpha value is -8.14. The van der Waals surface area contributed by atoms with E-state index in [1.807, 2.05) is 6.07 Å². The number of anilines is 3. The van der Waals surface area contributed by atoms with Gasteiger partial charge in [-0.3, -0.25) is 0 Å². The van der Waals surface area contributed by atoms with Crippen molar-refractivity contribution in [2.75, 3.05) is 4.90 Å². The van der Waals surface area contributed by atoms with Gasteiger partial charge < -0.3 is 13.9 Å². The van der Waals surface area contributed by atoms with Gasteiger partial charge in [0, 0.05) is 55.7 Å². The van der Waals surface area contributed by atoms with Crippen LogP contribution in [-0.2, 0) is 0 Å². The number of benzene rings is 10. The predicted molar refractivity (Wildman–Crippen MR) is 257 cm³/mol. The van der Waals surface area contributed by atoms with Crippen LogP contribution in [0.25, 0.3) is 93.6 Å². The van der Waals surface area contributed by atoms with E-state index in [4.69, 9.17) is 4.42 Å². The first-order valence-corrected chi connectivity index (χ1v) is 20.8. The molecule has 0 aliphatic rings. The lowest BCUT2D eigenvalue weighted by atomic mass is 10.0. The van der Waals surface area contributed by atoms with Crippen LogP contribution in [0, 0.1) is 0 Å². The highest BCUT2D eigenvalue weighted by molar-refractivity contribution is 6.19. The lowest BCUT2D eigenvalue weighted by Gasteiger charge is -2.26. The fourth-order valence-corrected chi connectivity index (χ4v) is 9.20. The minimum atomic E-state index is 0.857. The molecule has 12 aromatic rings. The zero-order chi connectivity index (χ0) is 40.3. The van der Waals surface area contributed by atoms with Gasteiger partial charge in [0.05, 0.1) is 11.0 Å². The smallest absolute Gasteiger partial charge is 0.137 e. The molecule has 0 saturated heterocycles. The van der Waals surface area contributed by atoms with E-state index >= 15 is 0 Å². The quantitative estimate of drug-likeness (QED) is 0.161. The van der Waals surface area contributed by atoms with Crippen LogP contribution in [0.3, 0.4) is 0 Å². The highest BCUT2D eigenvalue weighted by Gasteiger charge is 2.19. The van der Waals surface area contributed by atoms with Crippen molar-refractivity contribution in [2.24, 2.45) is 0 Å². The molecule has 286 valence electrons. The topological polar surface area (TPSA) is 21.3 Å². The van der Waals surface area contributed by atoms with E-state index in [-0.39, 0.29) is 0 Å². The van der Waals surface area contributed by atoms with Gasteiger partial charge in [-0.25, -0.2) is 0 Å². The fraction of sp³-hybridized carbons (Fsp3) is 0. The molecule has 0 N–H and O–H groups in total. The molecule has 61 heavy (non-hydrogen) atoms. The number of hydrogen-bond donors (Lipinski definition) is 0. The van der Waals surface area contributed by atoms with Crippen LogP contribution in [-0.4, -0.2) is 4.57 Å². The number of hydrogen-bond acceptors (Lipinski definition) is 2. The molecule has 0 fully saturated rings. The summed E-state index contributed by atoms with van der Waals surface area (Å²) in [5, 5.41) is 7.20. The Bertz CT molecular complexity index is 3550. The van der Waals surface area contributed by atoms with Crippen molar-refractivity contribution in [1.29, 1.82) is 0 Å². The van der Waals surface area contributed by atoms with E-state index in [1.165, 1.54) is 54.8 Å². The van der Waals surface area contributed by atoms with Gasteiger partial charge in [0.15, 0.2) is 0 Å². The van der Waals surface area contributed by atoms with Crippen LogP contribution in [0.5, 0.6) is 0 Å². The molecule has 0 unspecified atom stereocenters. The van der Waals surface area contributed by atoms with Gasteiger partial charge in [0.2, 0.25) is 0 Å². The van der Waals surface area contributed by atoms with E-state index in [2.05, 4.69) is 234 Å². The van der Waals surface area contributed by atoms with E-state index in [1.54, 1.807) is 0 Å². The first-order chi connectivity index (χ1) is 30.2. The third-order valence-corrected chi connectivity index (χ3v) is 12.2. The van der Waals surface area contributed by atoms with Gasteiger partial charge >= 0.3 is 0 Å². The second-order valence-electron chi connectivity index (χ2n) is 15.7. The highest BCUT2D eigenvalue weighted by Crippen LogP contribution is 2.42. The van der Waals surface area contributed by atoms with Crippen molar-refractivity contribution >= 4 is 71.6 Å². The fourth-order valence-electron chi connectivity index (χ4n) is 9.20. The first-order valence-electron chi connectivity index (χ1n) is 20.8. The largest absolute Gasteiger partial charge is 0.456 e. The molecule has 0 amide bonds. The van der Waals surface area contributed by atoms with Crippen molar-refractivity contribution in [3.8, 4) is 39.1 Å². The average molecular weight is 779 g/mol. The summed E-state index contributed by atoms with van der Waals surface area (Å²) >= 11 is 0. The maximum atomic E-state index is 6.62. The third kappa shape index (κ3) is 5.98. The van der Waals surface area contributed by atoms with Gasteiger partial charge in [-0.1, -0.05) is 158 Å². The van der Waals surface area contributed by atoms with Gasteiger partial charge in [-0.05, 0) is 105 Å². The lowest BCUT2D eigenvalue weighted by molar-refractivity contribution is 0.669. The Morgan fingerprint density at radius 3 is 1.48 bits per heavy atom. The van der Waals surface area contributed by atoms with Gasteiger partial charge in [0.1, 0.15) is 11.2 Å². The molecule has 0 aliphatic heterocycles. The predicted octanol–water partition coefficient (Wildman–Crippen LogP) is 16.3. The Kier molecular flexibility index (Phi) is 8.17. The number of nitrogens with zero attached hydrogens (tertiary/aromatic N) is 2. The van der Waals surface area contributed by atoms with Crippen LogP contribution >= 0.6 is 0 Å². The molecule has 0 spiro atoms. The lowest BCUT2D eigenvalue weighted by Crippen LogP contribution is -2.09. The number of rotatable bonds is 7. The van der Waals surface area contributed by atoms with Crippen molar-refractivity contribution < 1.29 is 4.42 Å². The second-order valence-corrected chi connectivity index (χ2v) is 15.7. The minimum absolute atomic E-state index is 0.857. The molecular formula is C58H38N2O. The summed E-state index contributed by atoms with van der Waals surface area (Å²) in [6.07, 6.45) is 0.